The second kappa shape index (κ2) is 8.14. The number of nitrogens with zero attached hydrogens (tertiary/aromatic N) is 6. The number of aliphatic imine (C=N–C) groups is 1. The van der Waals surface area contributed by atoms with E-state index >= 15 is 0 Å². The first-order valence-electron chi connectivity index (χ1n) is 10.6. The van der Waals surface area contributed by atoms with Crippen LogP contribution in [0.25, 0.3) is 0 Å². The summed E-state index contributed by atoms with van der Waals surface area (Å²) in [6.45, 7) is 15.0. The second-order valence-electron chi connectivity index (χ2n) is 8.31. The van der Waals surface area contributed by atoms with Crippen molar-refractivity contribution in [1.82, 2.24) is 35.2 Å². The second-order valence-corrected chi connectivity index (χ2v) is 8.31. The monoisotopic (exact) mass is 374 g/mol. The van der Waals surface area contributed by atoms with Crippen molar-refractivity contribution in [3.8, 4) is 0 Å². The van der Waals surface area contributed by atoms with Gasteiger partial charge in [0.25, 0.3) is 0 Å². The Balaban J connectivity index is 1.36. The number of guanidine groups is 1. The molecule has 1 aromatic heterocycles. The topological polar surface area (TPSA) is 73.6 Å². The van der Waals surface area contributed by atoms with Crippen LogP contribution in [0.5, 0.6) is 0 Å². The summed E-state index contributed by atoms with van der Waals surface area (Å²) in [5, 5.41) is 11.8. The smallest absolute Gasteiger partial charge is 0.191 e. The Morgan fingerprint density at radius 3 is 2.70 bits per heavy atom. The molecule has 2 unspecified atom stereocenters. The van der Waals surface area contributed by atoms with E-state index in [1.807, 2.05) is 0 Å². The van der Waals surface area contributed by atoms with Crippen molar-refractivity contribution >= 4 is 5.96 Å². The summed E-state index contributed by atoms with van der Waals surface area (Å²) in [6, 6.07) is 0.911. The van der Waals surface area contributed by atoms with Crippen molar-refractivity contribution in [2.24, 2.45) is 4.99 Å². The third-order valence-corrected chi connectivity index (χ3v) is 5.93. The molecule has 4 aliphatic heterocycles. The van der Waals surface area contributed by atoms with Gasteiger partial charge in [0.2, 0.25) is 0 Å². The SMILES string of the molecule is CCNC(=NCC1CN2CCN1CC2)NC1CCc2nc(C(C)C)nn2C1. The number of rotatable bonds is 5. The van der Waals surface area contributed by atoms with Gasteiger partial charge in [0, 0.05) is 63.7 Å². The molecule has 2 bridgehead atoms. The van der Waals surface area contributed by atoms with E-state index in [9.17, 15) is 0 Å². The van der Waals surface area contributed by atoms with Crippen LogP contribution in [0.15, 0.2) is 4.99 Å². The minimum Gasteiger partial charge on any atom is -0.357 e. The molecule has 1 aromatic rings. The van der Waals surface area contributed by atoms with Crippen LogP contribution < -0.4 is 10.6 Å². The molecule has 0 amide bonds. The van der Waals surface area contributed by atoms with Gasteiger partial charge in [-0.2, -0.15) is 5.10 Å². The molecule has 2 atom stereocenters. The molecule has 0 saturated carbocycles. The fourth-order valence-corrected chi connectivity index (χ4v) is 4.30. The largest absolute Gasteiger partial charge is 0.357 e. The van der Waals surface area contributed by atoms with Gasteiger partial charge in [0.05, 0.1) is 13.1 Å². The van der Waals surface area contributed by atoms with Crippen LogP contribution in [-0.4, -0.2) is 88.4 Å². The van der Waals surface area contributed by atoms with E-state index in [4.69, 9.17) is 10.1 Å². The van der Waals surface area contributed by atoms with Crippen molar-refractivity contribution in [1.29, 1.82) is 0 Å². The zero-order valence-corrected chi connectivity index (χ0v) is 17.0. The third-order valence-electron chi connectivity index (χ3n) is 5.93. The first kappa shape index (κ1) is 18.7. The normalized spacial score (nSPS) is 30.4. The standard InChI is InChI=1S/C19H34N8/c1-4-20-19(21-11-16-13-25-7-9-26(16)10-8-25)22-15-5-6-17-23-18(14(2)3)24-27(17)12-15/h14-16H,4-13H2,1-3H3,(H2,20,21,22). The maximum absolute atomic E-state index is 4.92. The summed E-state index contributed by atoms with van der Waals surface area (Å²) in [7, 11) is 0. The average molecular weight is 375 g/mol. The quantitative estimate of drug-likeness (QED) is 0.569. The van der Waals surface area contributed by atoms with E-state index in [0.29, 0.717) is 18.0 Å². The molecule has 2 N–H and O–H groups in total. The van der Waals surface area contributed by atoms with Gasteiger partial charge >= 0.3 is 0 Å². The van der Waals surface area contributed by atoms with Crippen molar-refractivity contribution in [3.63, 3.8) is 0 Å². The van der Waals surface area contributed by atoms with Crippen LogP contribution >= 0.6 is 0 Å². The lowest BCUT2D eigenvalue weighted by atomic mass is 10.1. The summed E-state index contributed by atoms with van der Waals surface area (Å²) < 4.78 is 2.08. The number of fused-ring (bicyclic) bond motifs is 4. The van der Waals surface area contributed by atoms with Crippen molar-refractivity contribution in [3.05, 3.63) is 11.6 Å². The third kappa shape index (κ3) is 4.27. The van der Waals surface area contributed by atoms with E-state index in [2.05, 4.69) is 50.9 Å². The molecule has 150 valence electrons. The molecule has 5 heterocycles. The number of nitrogens with one attached hydrogen (secondary N) is 2. The van der Waals surface area contributed by atoms with Gasteiger partial charge in [-0.15, -0.1) is 0 Å². The maximum atomic E-state index is 4.92. The Hall–Kier alpha value is -1.67. The van der Waals surface area contributed by atoms with Crippen LogP contribution in [0.3, 0.4) is 0 Å². The molecule has 3 saturated heterocycles. The van der Waals surface area contributed by atoms with Crippen LogP contribution in [-0.2, 0) is 13.0 Å². The Kier molecular flexibility index (Phi) is 5.63. The van der Waals surface area contributed by atoms with Gasteiger partial charge in [-0.1, -0.05) is 13.8 Å². The van der Waals surface area contributed by atoms with Crippen LogP contribution in [0, 0.1) is 0 Å². The Bertz CT molecular complexity index is 659. The van der Waals surface area contributed by atoms with Gasteiger partial charge in [-0.05, 0) is 13.3 Å². The minimum atomic E-state index is 0.351. The first-order valence-corrected chi connectivity index (χ1v) is 10.6. The lowest BCUT2D eigenvalue weighted by Crippen LogP contribution is -2.62. The maximum Gasteiger partial charge on any atom is 0.191 e. The Morgan fingerprint density at radius 2 is 2.04 bits per heavy atom. The Labute approximate surface area is 162 Å². The van der Waals surface area contributed by atoms with Crippen LogP contribution in [0.1, 0.15) is 44.8 Å². The van der Waals surface area contributed by atoms with Gasteiger partial charge < -0.3 is 10.6 Å². The average Bonchev–Trinajstić information content (AvgIpc) is 3.11. The zero-order chi connectivity index (χ0) is 18.8. The fraction of sp³-hybridized carbons (Fsp3) is 0.842. The molecule has 8 nitrogen and oxygen atoms in total. The lowest BCUT2D eigenvalue weighted by Gasteiger charge is -2.47. The number of aromatic nitrogens is 3. The molecule has 0 spiro atoms. The highest BCUT2D eigenvalue weighted by atomic mass is 15.4. The van der Waals surface area contributed by atoms with E-state index in [-0.39, 0.29) is 0 Å². The van der Waals surface area contributed by atoms with Gasteiger partial charge in [-0.3, -0.25) is 14.8 Å². The predicted molar refractivity (Wildman–Crippen MR) is 107 cm³/mol. The van der Waals surface area contributed by atoms with Crippen molar-refractivity contribution in [2.75, 3.05) is 45.8 Å². The molecule has 0 radical (unpaired) electrons. The van der Waals surface area contributed by atoms with Crippen molar-refractivity contribution < 1.29 is 0 Å². The van der Waals surface area contributed by atoms with Gasteiger partial charge in [0.1, 0.15) is 5.82 Å². The van der Waals surface area contributed by atoms with E-state index in [1.54, 1.807) is 0 Å². The molecule has 4 aliphatic rings. The van der Waals surface area contributed by atoms with E-state index in [0.717, 1.165) is 56.6 Å². The molecule has 3 fully saturated rings. The van der Waals surface area contributed by atoms with Crippen molar-refractivity contribution in [2.45, 2.75) is 58.2 Å². The highest BCUT2D eigenvalue weighted by Crippen LogP contribution is 2.18. The molecular formula is C19H34N8. The molecule has 0 aliphatic carbocycles. The highest BCUT2D eigenvalue weighted by Gasteiger charge is 2.31. The number of hydrogen-bond acceptors (Lipinski definition) is 5. The van der Waals surface area contributed by atoms with E-state index < -0.39 is 0 Å². The molecule has 5 rings (SSSR count). The Morgan fingerprint density at radius 1 is 1.22 bits per heavy atom. The molecule has 8 heteroatoms. The summed E-state index contributed by atoms with van der Waals surface area (Å²) in [4.78, 5) is 14.8. The number of aryl methyl sites for hydroxylation is 1. The fourth-order valence-electron chi connectivity index (χ4n) is 4.30. The summed E-state index contributed by atoms with van der Waals surface area (Å²) in [5.74, 6) is 3.40. The lowest BCUT2D eigenvalue weighted by molar-refractivity contribution is 0.0174. The summed E-state index contributed by atoms with van der Waals surface area (Å²) >= 11 is 0. The van der Waals surface area contributed by atoms with Gasteiger partial charge in [-0.25, -0.2) is 9.67 Å². The van der Waals surface area contributed by atoms with E-state index in [1.165, 1.54) is 26.2 Å². The predicted octanol–water partition coefficient (Wildman–Crippen LogP) is 0.271. The first-order chi connectivity index (χ1) is 13.1. The van der Waals surface area contributed by atoms with Gasteiger partial charge in [0.15, 0.2) is 11.8 Å². The number of piperazine rings is 3. The van der Waals surface area contributed by atoms with Crippen LogP contribution in [0.2, 0.25) is 0 Å². The molecular weight excluding hydrogens is 340 g/mol. The highest BCUT2D eigenvalue weighted by molar-refractivity contribution is 5.80. The van der Waals surface area contributed by atoms with Crippen LogP contribution in [0.4, 0.5) is 0 Å². The molecule has 0 aromatic carbocycles. The minimum absolute atomic E-state index is 0.351. The molecule has 27 heavy (non-hydrogen) atoms. The zero-order valence-electron chi connectivity index (χ0n) is 17.0. The summed E-state index contributed by atoms with van der Waals surface area (Å²) in [6.07, 6.45) is 2.05. The number of hydrogen-bond donors (Lipinski definition) is 2. The summed E-state index contributed by atoms with van der Waals surface area (Å²) in [5.41, 5.74) is 0.